The van der Waals surface area contributed by atoms with Gasteiger partial charge in [0, 0.05) is 31.2 Å². The summed E-state index contributed by atoms with van der Waals surface area (Å²) in [4.78, 5) is 14.4. The van der Waals surface area contributed by atoms with Gasteiger partial charge in [0.25, 0.3) is 0 Å². The predicted molar refractivity (Wildman–Crippen MR) is 99.5 cm³/mol. The van der Waals surface area contributed by atoms with E-state index in [1.807, 2.05) is 31.3 Å². The first kappa shape index (κ1) is 16.4. The number of para-hydroxylation sites is 2. The Morgan fingerprint density at radius 2 is 2.08 bits per heavy atom. The molecule has 3 rings (SSSR count). The number of nitrogens with one attached hydrogen (secondary N) is 2. The summed E-state index contributed by atoms with van der Waals surface area (Å²) < 4.78 is 2.22. The van der Waals surface area contributed by atoms with Crippen molar-refractivity contribution in [1.82, 2.24) is 25.2 Å². The molecule has 0 radical (unpaired) electrons. The van der Waals surface area contributed by atoms with Crippen molar-refractivity contribution in [3.8, 4) is 0 Å². The van der Waals surface area contributed by atoms with E-state index in [1.54, 1.807) is 18.4 Å². The van der Waals surface area contributed by atoms with Gasteiger partial charge >= 0.3 is 0 Å². The van der Waals surface area contributed by atoms with Crippen LogP contribution >= 0.6 is 11.3 Å². The summed E-state index contributed by atoms with van der Waals surface area (Å²) in [5.74, 6) is 1.81. The zero-order chi connectivity index (χ0) is 16.9. The predicted octanol–water partition coefficient (Wildman–Crippen LogP) is 2.47. The molecule has 1 aromatic carbocycles. The molecule has 0 saturated carbocycles. The lowest BCUT2D eigenvalue weighted by Gasteiger charge is -2.12. The standard InChI is InChI=1S/C17H22N6S/c1-12-10-20-16(24-12)11-21-17(18-3)19-8-9-23-13(2)22-14-6-4-5-7-15(14)23/h4-7,10H,8-9,11H2,1-3H3,(H2,18,19,21). The Morgan fingerprint density at radius 1 is 1.25 bits per heavy atom. The first-order chi connectivity index (χ1) is 11.7. The van der Waals surface area contributed by atoms with Crippen LogP contribution in [0.4, 0.5) is 0 Å². The molecule has 0 bridgehead atoms. The minimum atomic E-state index is 0.686. The molecule has 0 saturated heterocycles. The fourth-order valence-electron chi connectivity index (χ4n) is 2.63. The van der Waals surface area contributed by atoms with Crippen LogP contribution in [0.2, 0.25) is 0 Å². The molecule has 2 heterocycles. The van der Waals surface area contributed by atoms with E-state index >= 15 is 0 Å². The Balaban J connectivity index is 1.55. The largest absolute Gasteiger partial charge is 0.355 e. The fourth-order valence-corrected chi connectivity index (χ4v) is 3.35. The number of aromatic nitrogens is 3. The van der Waals surface area contributed by atoms with Gasteiger partial charge in [0.1, 0.15) is 10.8 Å². The van der Waals surface area contributed by atoms with E-state index in [1.165, 1.54) is 4.88 Å². The van der Waals surface area contributed by atoms with Gasteiger partial charge < -0.3 is 15.2 Å². The molecule has 0 amide bonds. The maximum atomic E-state index is 4.59. The van der Waals surface area contributed by atoms with E-state index < -0.39 is 0 Å². The zero-order valence-corrected chi connectivity index (χ0v) is 15.0. The third-order valence-corrected chi connectivity index (χ3v) is 4.69. The van der Waals surface area contributed by atoms with Crippen molar-refractivity contribution in [2.45, 2.75) is 26.9 Å². The Bertz CT molecular complexity index is 848. The number of fused-ring (bicyclic) bond motifs is 1. The molecule has 0 atom stereocenters. The van der Waals surface area contributed by atoms with Crippen LogP contribution in [0.3, 0.4) is 0 Å². The van der Waals surface area contributed by atoms with Crippen LogP contribution in [0.25, 0.3) is 11.0 Å². The Kier molecular flexibility index (Phi) is 5.10. The van der Waals surface area contributed by atoms with E-state index in [4.69, 9.17) is 0 Å². The molecule has 0 spiro atoms. The van der Waals surface area contributed by atoms with Crippen molar-refractivity contribution in [3.05, 3.63) is 46.2 Å². The van der Waals surface area contributed by atoms with Gasteiger partial charge in [-0.05, 0) is 26.0 Å². The molecule has 7 heteroatoms. The summed E-state index contributed by atoms with van der Waals surface area (Å²) in [6.45, 7) is 6.40. The van der Waals surface area contributed by atoms with Gasteiger partial charge in [-0.25, -0.2) is 9.97 Å². The highest BCUT2D eigenvalue weighted by atomic mass is 32.1. The highest BCUT2D eigenvalue weighted by Gasteiger charge is 2.06. The second kappa shape index (κ2) is 7.44. The average molecular weight is 342 g/mol. The van der Waals surface area contributed by atoms with Crippen LogP contribution in [0.5, 0.6) is 0 Å². The molecule has 6 nitrogen and oxygen atoms in total. The Hall–Kier alpha value is -2.41. The maximum absolute atomic E-state index is 4.59. The third-order valence-electron chi connectivity index (χ3n) is 3.77. The molecule has 0 unspecified atom stereocenters. The molecule has 0 aliphatic rings. The van der Waals surface area contributed by atoms with Crippen LogP contribution in [0, 0.1) is 13.8 Å². The van der Waals surface area contributed by atoms with E-state index in [2.05, 4.69) is 43.2 Å². The normalized spacial score (nSPS) is 11.9. The zero-order valence-electron chi connectivity index (χ0n) is 14.2. The van der Waals surface area contributed by atoms with Crippen LogP contribution in [-0.4, -0.2) is 34.1 Å². The summed E-state index contributed by atoms with van der Waals surface area (Å²) in [5, 5.41) is 7.70. The van der Waals surface area contributed by atoms with Crippen molar-refractivity contribution in [1.29, 1.82) is 0 Å². The van der Waals surface area contributed by atoms with Crippen molar-refractivity contribution in [2.24, 2.45) is 4.99 Å². The van der Waals surface area contributed by atoms with Gasteiger partial charge in [0.05, 0.1) is 17.6 Å². The summed E-state index contributed by atoms with van der Waals surface area (Å²) in [5.41, 5.74) is 2.20. The number of hydrogen-bond acceptors (Lipinski definition) is 4. The van der Waals surface area contributed by atoms with Crippen molar-refractivity contribution in [3.63, 3.8) is 0 Å². The van der Waals surface area contributed by atoms with Crippen molar-refractivity contribution < 1.29 is 0 Å². The summed E-state index contributed by atoms with van der Waals surface area (Å²) >= 11 is 1.70. The summed E-state index contributed by atoms with van der Waals surface area (Å²) in [6, 6.07) is 8.21. The van der Waals surface area contributed by atoms with Crippen LogP contribution in [0.1, 0.15) is 15.7 Å². The van der Waals surface area contributed by atoms with E-state index in [0.717, 1.165) is 40.9 Å². The lowest BCUT2D eigenvalue weighted by molar-refractivity contribution is 0.660. The lowest BCUT2D eigenvalue weighted by Crippen LogP contribution is -2.38. The number of rotatable bonds is 5. The van der Waals surface area contributed by atoms with Crippen molar-refractivity contribution in [2.75, 3.05) is 13.6 Å². The lowest BCUT2D eigenvalue weighted by atomic mass is 10.3. The third kappa shape index (κ3) is 3.73. The van der Waals surface area contributed by atoms with E-state index in [0.29, 0.717) is 6.54 Å². The SMILES string of the molecule is CN=C(NCCn1c(C)nc2ccccc21)NCc1ncc(C)s1. The fraction of sp³-hybridized carbons (Fsp3) is 0.353. The topological polar surface area (TPSA) is 67.1 Å². The van der Waals surface area contributed by atoms with Gasteiger partial charge in [-0.1, -0.05) is 12.1 Å². The van der Waals surface area contributed by atoms with Crippen molar-refractivity contribution >= 4 is 28.3 Å². The van der Waals surface area contributed by atoms with Gasteiger partial charge in [-0.3, -0.25) is 4.99 Å². The van der Waals surface area contributed by atoms with Crippen LogP contribution < -0.4 is 10.6 Å². The van der Waals surface area contributed by atoms with Gasteiger partial charge in [0.2, 0.25) is 0 Å². The van der Waals surface area contributed by atoms with E-state index in [-0.39, 0.29) is 0 Å². The Morgan fingerprint density at radius 3 is 2.83 bits per heavy atom. The summed E-state index contributed by atoms with van der Waals surface area (Å²) in [7, 11) is 1.78. The molecular weight excluding hydrogens is 320 g/mol. The number of thiazole rings is 1. The molecule has 2 aromatic heterocycles. The molecule has 126 valence electrons. The van der Waals surface area contributed by atoms with Crippen LogP contribution in [0.15, 0.2) is 35.5 Å². The first-order valence-corrected chi connectivity index (χ1v) is 8.76. The molecule has 2 N–H and O–H groups in total. The molecule has 3 aromatic rings. The highest BCUT2D eigenvalue weighted by molar-refractivity contribution is 7.11. The number of guanidine groups is 1. The molecular formula is C17H22N6S. The van der Waals surface area contributed by atoms with Gasteiger partial charge in [0.15, 0.2) is 5.96 Å². The quantitative estimate of drug-likeness (QED) is 0.552. The Labute approximate surface area is 145 Å². The molecule has 24 heavy (non-hydrogen) atoms. The van der Waals surface area contributed by atoms with Crippen LogP contribution in [-0.2, 0) is 13.1 Å². The number of nitrogens with zero attached hydrogens (tertiary/aromatic N) is 4. The molecule has 0 fully saturated rings. The molecule has 0 aliphatic heterocycles. The summed E-state index contributed by atoms with van der Waals surface area (Å²) in [6.07, 6.45) is 1.89. The number of benzene rings is 1. The minimum absolute atomic E-state index is 0.686. The number of hydrogen-bond donors (Lipinski definition) is 2. The molecule has 0 aliphatic carbocycles. The smallest absolute Gasteiger partial charge is 0.191 e. The highest BCUT2D eigenvalue weighted by Crippen LogP contribution is 2.14. The second-order valence-electron chi connectivity index (χ2n) is 5.52. The number of aryl methyl sites for hydroxylation is 2. The van der Waals surface area contributed by atoms with Gasteiger partial charge in [-0.15, -0.1) is 11.3 Å². The average Bonchev–Trinajstić information content (AvgIpc) is 3.14. The first-order valence-electron chi connectivity index (χ1n) is 7.95. The van der Waals surface area contributed by atoms with E-state index in [9.17, 15) is 0 Å². The van der Waals surface area contributed by atoms with Gasteiger partial charge in [-0.2, -0.15) is 0 Å². The number of aliphatic imine (C=N–C) groups is 1. The number of imidazole rings is 1. The maximum Gasteiger partial charge on any atom is 0.191 e. The second-order valence-corrected chi connectivity index (χ2v) is 6.84. The minimum Gasteiger partial charge on any atom is -0.355 e. The monoisotopic (exact) mass is 342 g/mol.